The van der Waals surface area contributed by atoms with Crippen molar-refractivity contribution in [3.63, 3.8) is 0 Å². The first kappa shape index (κ1) is 18.6. The predicted molar refractivity (Wildman–Crippen MR) is 87.6 cm³/mol. The summed E-state index contributed by atoms with van der Waals surface area (Å²) in [6, 6.07) is 14.8. The van der Waals surface area contributed by atoms with E-state index in [2.05, 4.69) is 0 Å². The molecule has 0 aromatic heterocycles. The van der Waals surface area contributed by atoms with Gasteiger partial charge in [-0.25, -0.2) is 0 Å². The van der Waals surface area contributed by atoms with Crippen molar-refractivity contribution in [2.45, 2.75) is 6.92 Å². The van der Waals surface area contributed by atoms with Gasteiger partial charge in [0.25, 0.3) is 0 Å². The Kier molecular flexibility index (Phi) is 10.1. The first-order valence-corrected chi connectivity index (χ1v) is 6.48. The minimum absolute atomic E-state index is 0.250. The molecule has 0 unspecified atom stereocenters. The van der Waals surface area contributed by atoms with Gasteiger partial charge in [0.15, 0.2) is 0 Å². The second-order valence-electron chi connectivity index (χ2n) is 3.80. The third-order valence-corrected chi connectivity index (χ3v) is 2.28. The lowest BCUT2D eigenvalue weighted by Crippen LogP contribution is -1.89. The van der Waals surface area contributed by atoms with Crippen LogP contribution in [0.4, 0.5) is 11.4 Å². The average Bonchev–Trinajstić information content (AvgIpc) is 2.50. The fourth-order valence-electron chi connectivity index (χ4n) is 1.33. The van der Waals surface area contributed by atoms with Gasteiger partial charge in [0.2, 0.25) is 0 Å². The number of methoxy groups -OCH3 is 2. The van der Waals surface area contributed by atoms with Gasteiger partial charge in [-0.05, 0) is 31.2 Å². The number of hydrogen-bond donors (Lipinski definition) is 3. The number of ether oxygens (including phenoxy) is 2. The van der Waals surface area contributed by atoms with Crippen molar-refractivity contribution in [2.24, 2.45) is 0 Å². The number of nitrogens with two attached hydrogens (primary N) is 2. The highest BCUT2D eigenvalue weighted by Crippen LogP contribution is 2.18. The third-order valence-electron chi connectivity index (χ3n) is 2.28. The molecule has 0 aliphatic heterocycles. The molecule has 0 aliphatic carbocycles. The Hall–Kier alpha value is -2.40. The molecule has 2 rings (SSSR count). The van der Waals surface area contributed by atoms with Gasteiger partial charge >= 0.3 is 0 Å². The van der Waals surface area contributed by atoms with Crippen LogP contribution in [0.1, 0.15) is 6.92 Å². The zero-order chi connectivity index (χ0) is 16.1. The number of para-hydroxylation sites is 4. The van der Waals surface area contributed by atoms with Crippen LogP contribution in [0.2, 0.25) is 0 Å². The lowest BCUT2D eigenvalue weighted by Gasteiger charge is -2.00. The summed E-state index contributed by atoms with van der Waals surface area (Å²) in [6.45, 7) is 1.93. The van der Waals surface area contributed by atoms with E-state index in [-0.39, 0.29) is 6.61 Å². The summed E-state index contributed by atoms with van der Waals surface area (Å²) in [5.41, 5.74) is 12.4. The SMILES string of the molecule is CCO.COc1ccccc1N.COc1ccccc1N. The van der Waals surface area contributed by atoms with Gasteiger partial charge < -0.3 is 26.0 Å². The Morgan fingerprint density at radius 2 is 1.10 bits per heavy atom. The summed E-state index contributed by atoms with van der Waals surface area (Å²) in [5.74, 6) is 1.47. The zero-order valence-electron chi connectivity index (χ0n) is 12.7. The molecule has 0 saturated heterocycles. The number of nitrogen functional groups attached to an aromatic ring is 2. The molecule has 0 amide bonds. The van der Waals surface area contributed by atoms with Gasteiger partial charge in [-0.1, -0.05) is 24.3 Å². The van der Waals surface area contributed by atoms with Gasteiger partial charge in [-0.3, -0.25) is 0 Å². The lowest BCUT2D eigenvalue weighted by atomic mass is 10.3. The Morgan fingerprint density at radius 3 is 1.29 bits per heavy atom. The van der Waals surface area contributed by atoms with E-state index in [1.807, 2.05) is 36.4 Å². The zero-order valence-corrected chi connectivity index (χ0v) is 12.7. The molecular weight excluding hydrogens is 268 g/mol. The molecule has 0 fully saturated rings. The minimum Gasteiger partial charge on any atom is -0.495 e. The molecule has 0 saturated carbocycles. The first-order valence-electron chi connectivity index (χ1n) is 6.48. The van der Waals surface area contributed by atoms with Crippen molar-refractivity contribution in [3.8, 4) is 11.5 Å². The van der Waals surface area contributed by atoms with E-state index in [1.165, 1.54) is 0 Å². The summed E-state index contributed by atoms with van der Waals surface area (Å²) in [5, 5.41) is 7.57. The van der Waals surface area contributed by atoms with E-state index in [0.29, 0.717) is 11.4 Å². The van der Waals surface area contributed by atoms with Gasteiger partial charge in [-0.15, -0.1) is 0 Å². The molecule has 2 aromatic rings. The summed E-state index contributed by atoms with van der Waals surface area (Å²) < 4.78 is 9.84. The van der Waals surface area contributed by atoms with Crippen molar-refractivity contribution >= 4 is 11.4 Å². The minimum atomic E-state index is 0.250. The number of rotatable bonds is 2. The summed E-state index contributed by atoms with van der Waals surface area (Å²) in [6.07, 6.45) is 0. The maximum atomic E-state index is 7.57. The molecule has 2 aromatic carbocycles. The Balaban J connectivity index is 0.000000322. The standard InChI is InChI=1S/2C7H9NO.C2H6O/c2*1-9-7-5-3-2-4-6(7)8;1-2-3/h2*2-5H,8H2,1H3;3H,2H2,1H3. The van der Waals surface area contributed by atoms with E-state index in [4.69, 9.17) is 26.0 Å². The molecule has 0 heterocycles. The fourth-order valence-corrected chi connectivity index (χ4v) is 1.33. The second-order valence-corrected chi connectivity index (χ2v) is 3.80. The number of aliphatic hydroxyl groups excluding tert-OH is 1. The number of hydrogen-bond acceptors (Lipinski definition) is 5. The first-order chi connectivity index (χ1) is 10.1. The summed E-state index contributed by atoms with van der Waals surface area (Å²) in [4.78, 5) is 0. The number of aliphatic hydroxyl groups is 1. The molecule has 0 aliphatic rings. The van der Waals surface area contributed by atoms with Crippen LogP contribution in [0.15, 0.2) is 48.5 Å². The van der Waals surface area contributed by atoms with Crippen LogP contribution in [-0.2, 0) is 0 Å². The van der Waals surface area contributed by atoms with Gasteiger partial charge in [0, 0.05) is 6.61 Å². The van der Waals surface area contributed by atoms with E-state index >= 15 is 0 Å². The largest absolute Gasteiger partial charge is 0.495 e. The van der Waals surface area contributed by atoms with Crippen LogP contribution in [0.3, 0.4) is 0 Å². The maximum Gasteiger partial charge on any atom is 0.141 e. The van der Waals surface area contributed by atoms with Crippen molar-refractivity contribution in [1.29, 1.82) is 0 Å². The van der Waals surface area contributed by atoms with Crippen LogP contribution in [-0.4, -0.2) is 25.9 Å². The van der Waals surface area contributed by atoms with E-state index in [9.17, 15) is 0 Å². The highest BCUT2D eigenvalue weighted by Gasteiger charge is 1.92. The molecule has 116 valence electrons. The fraction of sp³-hybridized carbons (Fsp3) is 0.250. The molecule has 21 heavy (non-hydrogen) atoms. The van der Waals surface area contributed by atoms with Crippen LogP contribution in [0, 0.1) is 0 Å². The predicted octanol–water partition coefficient (Wildman–Crippen LogP) is 2.55. The molecule has 0 atom stereocenters. The van der Waals surface area contributed by atoms with Crippen molar-refractivity contribution in [1.82, 2.24) is 0 Å². The molecule has 0 radical (unpaired) electrons. The smallest absolute Gasteiger partial charge is 0.141 e. The molecule has 0 spiro atoms. The maximum absolute atomic E-state index is 7.57. The monoisotopic (exact) mass is 292 g/mol. The highest BCUT2D eigenvalue weighted by atomic mass is 16.5. The lowest BCUT2D eigenvalue weighted by molar-refractivity contribution is 0.318. The Bertz CT molecular complexity index is 459. The van der Waals surface area contributed by atoms with Crippen LogP contribution >= 0.6 is 0 Å². The Labute approximate surface area is 126 Å². The van der Waals surface area contributed by atoms with Gasteiger partial charge in [0.05, 0.1) is 25.6 Å². The Morgan fingerprint density at radius 1 is 0.810 bits per heavy atom. The summed E-state index contributed by atoms with van der Waals surface area (Å²) >= 11 is 0. The van der Waals surface area contributed by atoms with Crippen LogP contribution in [0.25, 0.3) is 0 Å². The molecule has 5 heteroatoms. The molecule has 0 bridgehead atoms. The number of anilines is 2. The third kappa shape index (κ3) is 7.69. The van der Waals surface area contributed by atoms with Crippen molar-refractivity contribution in [3.05, 3.63) is 48.5 Å². The van der Waals surface area contributed by atoms with E-state index in [1.54, 1.807) is 33.3 Å². The van der Waals surface area contributed by atoms with E-state index in [0.717, 1.165) is 11.5 Å². The van der Waals surface area contributed by atoms with Crippen LogP contribution < -0.4 is 20.9 Å². The number of benzene rings is 2. The normalized spacial score (nSPS) is 8.57. The van der Waals surface area contributed by atoms with Crippen LogP contribution in [0.5, 0.6) is 11.5 Å². The topological polar surface area (TPSA) is 90.7 Å². The second kappa shape index (κ2) is 11.4. The van der Waals surface area contributed by atoms with E-state index < -0.39 is 0 Å². The van der Waals surface area contributed by atoms with Crippen molar-refractivity contribution in [2.75, 3.05) is 32.3 Å². The molecular formula is C16H24N2O3. The van der Waals surface area contributed by atoms with Gasteiger partial charge in [-0.2, -0.15) is 0 Å². The molecule has 5 nitrogen and oxygen atoms in total. The molecule has 5 N–H and O–H groups in total. The van der Waals surface area contributed by atoms with Crippen molar-refractivity contribution < 1.29 is 14.6 Å². The summed E-state index contributed by atoms with van der Waals surface area (Å²) in [7, 11) is 3.21. The highest BCUT2D eigenvalue weighted by molar-refractivity contribution is 5.52. The quantitative estimate of drug-likeness (QED) is 0.740. The van der Waals surface area contributed by atoms with Gasteiger partial charge in [0.1, 0.15) is 11.5 Å². The average molecular weight is 292 g/mol.